The van der Waals surface area contributed by atoms with Crippen molar-refractivity contribution in [2.45, 2.75) is 13.0 Å². The zero-order valence-electron chi connectivity index (χ0n) is 14.7. The molecular formula is C18H20N6O2. The highest BCUT2D eigenvalue weighted by atomic mass is 16.5. The predicted octanol–water partition coefficient (Wildman–Crippen LogP) is 1.92. The minimum atomic E-state index is -0.240. The lowest BCUT2D eigenvalue weighted by molar-refractivity contribution is -0.0247. The van der Waals surface area contributed by atoms with Gasteiger partial charge in [-0.3, -0.25) is 9.78 Å². The highest BCUT2D eigenvalue weighted by Gasteiger charge is 2.27. The number of hydrogen-bond acceptors (Lipinski definition) is 6. The van der Waals surface area contributed by atoms with Crippen LogP contribution in [0.1, 0.15) is 27.8 Å². The Hall–Kier alpha value is -3.00. The number of pyridine rings is 1. The number of rotatable bonds is 3. The Morgan fingerprint density at radius 2 is 2.12 bits per heavy atom. The van der Waals surface area contributed by atoms with Gasteiger partial charge in [0, 0.05) is 30.5 Å². The number of aryl methyl sites for hydroxylation is 1. The van der Waals surface area contributed by atoms with Crippen LogP contribution in [0.3, 0.4) is 0 Å². The number of hydrogen-bond donors (Lipinski definition) is 2. The zero-order valence-corrected chi connectivity index (χ0v) is 14.7. The van der Waals surface area contributed by atoms with Crippen LogP contribution in [0, 0.1) is 6.92 Å². The number of carbonyl (C=O) groups excluding carboxylic acids is 1. The molecule has 2 N–H and O–H groups in total. The number of morpholine rings is 1. The van der Waals surface area contributed by atoms with Crippen molar-refractivity contribution in [2.75, 3.05) is 32.1 Å². The molecule has 26 heavy (non-hydrogen) atoms. The number of ether oxygens (including phenoxy) is 1. The monoisotopic (exact) mass is 352 g/mol. The van der Waals surface area contributed by atoms with Crippen molar-refractivity contribution in [1.29, 1.82) is 0 Å². The lowest BCUT2D eigenvalue weighted by Crippen LogP contribution is -2.42. The van der Waals surface area contributed by atoms with Crippen molar-refractivity contribution in [3.8, 4) is 0 Å². The molecule has 2 aromatic heterocycles. The summed E-state index contributed by atoms with van der Waals surface area (Å²) in [6.07, 6.45) is -0.240. The molecule has 1 aromatic carbocycles. The van der Waals surface area contributed by atoms with Crippen molar-refractivity contribution < 1.29 is 9.53 Å². The molecule has 134 valence electrons. The smallest absolute Gasteiger partial charge is 0.254 e. The average Bonchev–Trinajstić information content (AvgIpc) is 3.14. The number of benzene rings is 1. The number of fused-ring (bicyclic) bond motifs is 1. The maximum absolute atomic E-state index is 12.9. The molecule has 4 rings (SSSR count). The third kappa shape index (κ3) is 3.11. The summed E-state index contributed by atoms with van der Waals surface area (Å²) in [5.41, 5.74) is 4.75. The van der Waals surface area contributed by atoms with Gasteiger partial charge in [-0.05, 0) is 37.3 Å². The maximum Gasteiger partial charge on any atom is 0.254 e. The van der Waals surface area contributed by atoms with Gasteiger partial charge in [0.1, 0.15) is 17.1 Å². The Bertz CT molecular complexity index is 954. The van der Waals surface area contributed by atoms with E-state index in [1.807, 2.05) is 26.1 Å². The normalized spacial score (nSPS) is 17.5. The topological polar surface area (TPSA) is 96.0 Å². The molecule has 3 aromatic rings. The molecule has 1 fully saturated rings. The quantitative estimate of drug-likeness (QED) is 0.748. The van der Waals surface area contributed by atoms with Crippen LogP contribution in [0.2, 0.25) is 0 Å². The fourth-order valence-corrected chi connectivity index (χ4v) is 3.17. The number of aromatic amines is 1. The molecule has 0 bridgehead atoms. The first kappa shape index (κ1) is 16.5. The fourth-order valence-electron chi connectivity index (χ4n) is 3.17. The standard InChI is InChI=1S/C18H20N6O2/c1-11-7-13(19-2)9-16(20-11)17-10-24(5-6-26-17)18(25)12-3-4-14-15(8-12)22-23-21-14/h3-4,7-9,17H,5-6,10H2,1-2H3,(H,19,20)(H,21,22,23). The third-order valence-corrected chi connectivity index (χ3v) is 4.51. The number of anilines is 1. The van der Waals surface area contributed by atoms with Gasteiger partial charge >= 0.3 is 0 Å². The molecule has 1 aliphatic rings. The van der Waals surface area contributed by atoms with E-state index in [0.717, 1.165) is 22.6 Å². The molecule has 1 aliphatic heterocycles. The predicted molar refractivity (Wildman–Crippen MR) is 97.0 cm³/mol. The highest BCUT2D eigenvalue weighted by molar-refractivity contribution is 5.97. The minimum absolute atomic E-state index is 0.0373. The lowest BCUT2D eigenvalue weighted by atomic mass is 10.1. The number of H-pyrrole nitrogens is 1. The Kier molecular flexibility index (Phi) is 4.26. The van der Waals surface area contributed by atoms with Gasteiger partial charge < -0.3 is 15.0 Å². The third-order valence-electron chi connectivity index (χ3n) is 4.51. The van der Waals surface area contributed by atoms with Crippen molar-refractivity contribution >= 4 is 22.6 Å². The molecule has 8 nitrogen and oxygen atoms in total. The van der Waals surface area contributed by atoms with Crippen molar-refractivity contribution in [3.05, 3.63) is 47.3 Å². The van der Waals surface area contributed by atoms with Crippen LogP contribution >= 0.6 is 0 Å². The minimum Gasteiger partial charge on any atom is -0.388 e. The van der Waals surface area contributed by atoms with E-state index < -0.39 is 0 Å². The number of carbonyl (C=O) groups is 1. The van der Waals surface area contributed by atoms with E-state index in [1.165, 1.54) is 0 Å². The molecule has 1 saturated heterocycles. The van der Waals surface area contributed by atoms with Gasteiger partial charge in [0.05, 0.1) is 18.8 Å². The summed E-state index contributed by atoms with van der Waals surface area (Å²) in [6, 6.07) is 9.28. The molecule has 1 amide bonds. The van der Waals surface area contributed by atoms with Crippen molar-refractivity contribution in [1.82, 2.24) is 25.3 Å². The van der Waals surface area contributed by atoms with Crippen LogP contribution in [0.25, 0.3) is 11.0 Å². The van der Waals surface area contributed by atoms with Gasteiger partial charge in [0.2, 0.25) is 0 Å². The Morgan fingerprint density at radius 3 is 2.96 bits per heavy atom. The fraction of sp³-hybridized carbons (Fsp3) is 0.333. The Balaban J connectivity index is 1.56. The summed E-state index contributed by atoms with van der Waals surface area (Å²) in [7, 11) is 1.87. The molecule has 3 heterocycles. The molecule has 1 unspecified atom stereocenters. The second kappa shape index (κ2) is 6.72. The van der Waals surface area contributed by atoms with Gasteiger partial charge in [-0.15, -0.1) is 0 Å². The van der Waals surface area contributed by atoms with Gasteiger partial charge in [-0.25, -0.2) is 0 Å². The summed E-state index contributed by atoms with van der Waals surface area (Å²) >= 11 is 0. The van der Waals surface area contributed by atoms with E-state index >= 15 is 0 Å². The number of nitrogens with one attached hydrogen (secondary N) is 2. The average molecular weight is 352 g/mol. The van der Waals surface area contributed by atoms with E-state index in [-0.39, 0.29) is 12.0 Å². The first-order chi connectivity index (χ1) is 12.6. The molecule has 0 spiro atoms. The van der Waals surface area contributed by atoms with Crippen molar-refractivity contribution in [3.63, 3.8) is 0 Å². The van der Waals surface area contributed by atoms with Gasteiger partial charge in [0.15, 0.2) is 0 Å². The van der Waals surface area contributed by atoms with E-state index in [0.29, 0.717) is 30.8 Å². The van der Waals surface area contributed by atoms with E-state index in [1.54, 1.807) is 23.1 Å². The van der Waals surface area contributed by atoms with E-state index in [9.17, 15) is 4.79 Å². The van der Waals surface area contributed by atoms with Crippen molar-refractivity contribution in [2.24, 2.45) is 0 Å². The van der Waals surface area contributed by atoms with Crippen LogP contribution in [-0.2, 0) is 4.74 Å². The van der Waals surface area contributed by atoms with Crippen LogP contribution in [0.5, 0.6) is 0 Å². The van der Waals surface area contributed by atoms with Crippen LogP contribution in [-0.4, -0.2) is 57.9 Å². The van der Waals surface area contributed by atoms with Crippen LogP contribution in [0.15, 0.2) is 30.3 Å². The number of amides is 1. The second-order valence-electron chi connectivity index (χ2n) is 6.31. The first-order valence-corrected chi connectivity index (χ1v) is 8.52. The van der Waals surface area contributed by atoms with Gasteiger partial charge in [-0.1, -0.05) is 0 Å². The molecule has 0 aliphatic carbocycles. The second-order valence-corrected chi connectivity index (χ2v) is 6.31. The van der Waals surface area contributed by atoms with Gasteiger partial charge in [0.25, 0.3) is 5.91 Å². The molecule has 8 heteroatoms. The summed E-state index contributed by atoms with van der Waals surface area (Å²) in [5, 5.41) is 13.8. The summed E-state index contributed by atoms with van der Waals surface area (Å²) in [5.74, 6) is -0.0373. The first-order valence-electron chi connectivity index (χ1n) is 8.52. The molecule has 0 radical (unpaired) electrons. The van der Waals surface area contributed by atoms with E-state index in [2.05, 4.69) is 25.7 Å². The SMILES string of the molecule is CNc1cc(C)nc(C2CN(C(=O)c3ccc4n[nH]nc4c3)CCO2)c1. The van der Waals surface area contributed by atoms with Crippen LogP contribution < -0.4 is 5.32 Å². The summed E-state index contributed by atoms with van der Waals surface area (Å²) in [4.78, 5) is 19.3. The lowest BCUT2D eigenvalue weighted by Gasteiger charge is -2.33. The zero-order chi connectivity index (χ0) is 18.1. The Morgan fingerprint density at radius 1 is 1.27 bits per heavy atom. The number of aromatic nitrogens is 4. The summed E-state index contributed by atoms with van der Waals surface area (Å²) < 4.78 is 5.88. The number of nitrogens with zero attached hydrogens (tertiary/aromatic N) is 4. The summed E-state index contributed by atoms with van der Waals surface area (Å²) in [6.45, 7) is 3.45. The molecule has 0 saturated carbocycles. The largest absolute Gasteiger partial charge is 0.388 e. The van der Waals surface area contributed by atoms with Gasteiger partial charge in [-0.2, -0.15) is 15.4 Å². The molecular weight excluding hydrogens is 332 g/mol. The van der Waals surface area contributed by atoms with E-state index in [4.69, 9.17) is 4.74 Å². The maximum atomic E-state index is 12.9. The highest BCUT2D eigenvalue weighted by Crippen LogP contribution is 2.25. The van der Waals surface area contributed by atoms with Crippen LogP contribution in [0.4, 0.5) is 5.69 Å². The Labute approximate surface area is 150 Å². The molecule has 1 atom stereocenters.